The molecule has 9 heteroatoms. The lowest BCUT2D eigenvalue weighted by Gasteiger charge is -2.29. The minimum absolute atomic E-state index is 0.175. The van der Waals surface area contributed by atoms with Crippen LogP contribution in [-0.4, -0.2) is 55.0 Å². The van der Waals surface area contributed by atoms with E-state index in [1.807, 2.05) is 36.4 Å². The summed E-state index contributed by atoms with van der Waals surface area (Å²) in [5, 5.41) is 5.60. The second-order valence-corrected chi connectivity index (χ2v) is 8.01. The smallest absolute Gasteiger partial charge is 0.255 e. The fraction of sp³-hybridized carbons (Fsp3) is 0.375. The fourth-order valence-corrected chi connectivity index (χ4v) is 4.03. The Morgan fingerprint density at radius 1 is 1.09 bits per heavy atom. The molecular formula is C24H28N4O5. The van der Waals surface area contributed by atoms with Gasteiger partial charge in [-0.1, -0.05) is 12.1 Å². The van der Waals surface area contributed by atoms with Crippen molar-refractivity contribution in [2.24, 2.45) is 5.73 Å². The van der Waals surface area contributed by atoms with Crippen molar-refractivity contribution < 1.29 is 23.9 Å². The van der Waals surface area contributed by atoms with E-state index in [1.165, 1.54) is 0 Å². The van der Waals surface area contributed by atoms with Gasteiger partial charge in [-0.15, -0.1) is 0 Å². The first-order chi connectivity index (χ1) is 16.0. The average Bonchev–Trinajstić information content (AvgIpc) is 3.14. The van der Waals surface area contributed by atoms with Crippen molar-refractivity contribution in [3.63, 3.8) is 0 Å². The molecule has 2 aliphatic heterocycles. The van der Waals surface area contributed by atoms with Crippen LogP contribution in [0.25, 0.3) is 0 Å². The predicted octanol–water partition coefficient (Wildman–Crippen LogP) is 1.41. The minimum Gasteiger partial charge on any atom is -0.491 e. The number of anilines is 1. The maximum Gasteiger partial charge on any atom is 0.255 e. The first-order valence-corrected chi connectivity index (χ1v) is 11.1. The summed E-state index contributed by atoms with van der Waals surface area (Å²) < 4.78 is 11.3. The van der Waals surface area contributed by atoms with Gasteiger partial charge in [0.2, 0.25) is 11.8 Å². The lowest BCUT2D eigenvalue weighted by molar-refractivity contribution is -0.136. The second kappa shape index (κ2) is 10.5. The molecule has 0 bridgehead atoms. The molecule has 4 N–H and O–H groups in total. The van der Waals surface area contributed by atoms with Crippen LogP contribution in [-0.2, 0) is 27.4 Å². The number of carbonyl (C=O) groups excluding carboxylic acids is 3. The zero-order valence-electron chi connectivity index (χ0n) is 18.3. The molecule has 2 heterocycles. The van der Waals surface area contributed by atoms with Gasteiger partial charge in [0, 0.05) is 37.3 Å². The highest BCUT2D eigenvalue weighted by atomic mass is 16.5. The Balaban J connectivity index is 1.19. The number of hydrogen-bond donors (Lipinski definition) is 3. The molecule has 1 unspecified atom stereocenters. The van der Waals surface area contributed by atoms with Gasteiger partial charge in [0.1, 0.15) is 18.4 Å². The van der Waals surface area contributed by atoms with Gasteiger partial charge >= 0.3 is 0 Å². The van der Waals surface area contributed by atoms with Gasteiger partial charge in [0.25, 0.3) is 5.91 Å². The zero-order valence-corrected chi connectivity index (χ0v) is 18.3. The van der Waals surface area contributed by atoms with E-state index in [0.717, 1.165) is 22.6 Å². The number of rotatable bonds is 10. The Hall–Kier alpha value is -3.43. The standard InChI is InChI=1S/C24H28N4O5/c25-14-16-2-1-3-19(12-16)33-11-10-32-9-8-26-18-4-5-20-17(13-18)15-28(24(20)31)21-6-7-22(29)27-23(21)30/h1-5,12-13,21,26H,6-11,14-15,25H2,(H,27,29,30). The van der Waals surface area contributed by atoms with Gasteiger partial charge in [-0.2, -0.15) is 0 Å². The van der Waals surface area contributed by atoms with Gasteiger partial charge < -0.3 is 25.4 Å². The van der Waals surface area contributed by atoms with E-state index >= 15 is 0 Å². The molecule has 2 aromatic rings. The molecule has 2 aliphatic rings. The van der Waals surface area contributed by atoms with Crippen LogP contribution in [0.2, 0.25) is 0 Å². The van der Waals surface area contributed by atoms with E-state index in [0.29, 0.717) is 51.4 Å². The zero-order chi connectivity index (χ0) is 23.2. The Kier molecular flexibility index (Phi) is 7.21. The van der Waals surface area contributed by atoms with Crippen molar-refractivity contribution in [2.45, 2.75) is 32.0 Å². The summed E-state index contributed by atoms with van der Waals surface area (Å²) in [6.45, 7) is 2.86. The molecule has 1 atom stereocenters. The molecule has 3 amide bonds. The maximum atomic E-state index is 12.7. The third-order valence-electron chi connectivity index (χ3n) is 5.73. The van der Waals surface area contributed by atoms with Gasteiger partial charge in [0.05, 0.1) is 13.2 Å². The van der Waals surface area contributed by atoms with Crippen molar-refractivity contribution in [1.29, 1.82) is 0 Å². The first-order valence-electron chi connectivity index (χ1n) is 11.1. The molecule has 0 aliphatic carbocycles. The highest BCUT2D eigenvalue weighted by Crippen LogP contribution is 2.29. The number of hydrogen-bond acceptors (Lipinski definition) is 7. The molecule has 1 saturated heterocycles. The average molecular weight is 453 g/mol. The Morgan fingerprint density at radius 3 is 2.79 bits per heavy atom. The van der Waals surface area contributed by atoms with Crippen LogP contribution in [0.15, 0.2) is 42.5 Å². The van der Waals surface area contributed by atoms with Crippen molar-refractivity contribution >= 4 is 23.4 Å². The lowest BCUT2D eigenvalue weighted by Crippen LogP contribution is -2.52. The van der Waals surface area contributed by atoms with E-state index in [1.54, 1.807) is 11.0 Å². The third-order valence-corrected chi connectivity index (χ3v) is 5.73. The Morgan fingerprint density at radius 2 is 1.97 bits per heavy atom. The number of carbonyl (C=O) groups is 3. The largest absolute Gasteiger partial charge is 0.491 e. The summed E-state index contributed by atoms with van der Waals surface area (Å²) in [5.74, 6) is -0.0921. The van der Waals surface area contributed by atoms with Crippen LogP contribution in [0.4, 0.5) is 5.69 Å². The lowest BCUT2D eigenvalue weighted by atomic mass is 10.0. The van der Waals surface area contributed by atoms with Crippen molar-refractivity contribution in [1.82, 2.24) is 10.2 Å². The summed E-state index contributed by atoms with van der Waals surface area (Å²) in [7, 11) is 0. The van der Waals surface area contributed by atoms with Crippen LogP contribution in [0, 0.1) is 0 Å². The number of amides is 3. The summed E-state index contributed by atoms with van der Waals surface area (Å²) in [5.41, 5.74) is 8.99. The van der Waals surface area contributed by atoms with Crippen molar-refractivity contribution in [3.05, 3.63) is 59.2 Å². The van der Waals surface area contributed by atoms with Crippen LogP contribution in [0.3, 0.4) is 0 Å². The molecule has 4 rings (SSSR count). The van der Waals surface area contributed by atoms with E-state index in [4.69, 9.17) is 15.2 Å². The molecular weight excluding hydrogens is 424 g/mol. The molecule has 9 nitrogen and oxygen atoms in total. The number of nitrogens with two attached hydrogens (primary N) is 1. The van der Waals surface area contributed by atoms with Crippen LogP contribution < -0.4 is 21.1 Å². The van der Waals surface area contributed by atoms with Gasteiger partial charge in [-0.05, 0) is 47.9 Å². The number of ether oxygens (including phenoxy) is 2. The summed E-state index contributed by atoms with van der Waals surface area (Å²) in [4.78, 5) is 37.8. The van der Waals surface area contributed by atoms with Gasteiger partial charge in [-0.25, -0.2) is 0 Å². The van der Waals surface area contributed by atoms with Crippen LogP contribution in [0.5, 0.6) is 5.75 Å². The van der Waals surface area contributed by atoms with Gasteiger partial charge in [-0.3, -0.25) is 19.7 Å². The monoisotopic (exact) mass is 452 g/mol. The van der Waals surface area contributed by atoms with Crippen molar-refractivity contribution in [3.8, 4) is 5.75 Å². The van der Waals surface area contributed by atoms with Crippen LogP contribution in [0.1, 0.15) is 34.3 Å². The Bertz CT molecular complexity index is 1040. The molecule has 0 spiro atoms. The highest BCUT2D eigenvalue weighted by Gasteiger charge is 2.39. The maximum absolute atomic E-state index is 12.7. The molecule has 0 saturated carbocycles. The van der Waals surface area contributed by atoms with E-state index in [2.05, 4.69) is 10.6 Å². The quantitative estimate of drug-likeness (QED) is 0.368. The molecule has 174 valence electrons. The van der Waals surface area contributed by atoms with E-state index < -0.39 is 11.9 Å². The number of imide groups is 1. The number of piperidine rings is 1. The Labute approximate surface area is 192 Å². The molecule has 33 heavy (non-hydrogen) atoms. The molecule has 1 fully saturated rings. The number of nitrogens with one attached hydrogen (secondary N) is 2. The highest BCUT2D eigenvalue weighted by molar-refractivity contribution is 6.05. The number of nitrogens with zero attached hydrogens (tertiary/aromatic N) is 1. The third kappa shape index (κ3) is 5.50. The summed E-state index contributed by atoms with van der Waals surface area (Å²) >= 11 is 0. The number of benzene rings is 2. The predicted molar refractivity (Wildman–Crippen MR) is 122 cm³/mol. The second-order valence-electron chi connectivity index (χ2n) is 8.01. The topological polar surface area (TPSA) is 123 Å². The summed E-state index contributed by atoms with van der Waals surface area (Å²) in [6, 6.07) is 12.6. The summed E-state index contributed by atoms with van der Waals surface area (Å²) in [6.07, 6.45) is 0.601. The van der Waals surface area contributed by atoms with E-state index in [9.17, 15) is 14.4 Å². The van der Waals surface area contributed by atoms with Crippen molar-refractivity contribution in [2.75, 3.05) is 31.7 Å². The van der Waals surface area contributed by atoms with Crippen LogP contribution >= 0.6 is 0 Å². The van der Waals surface area contributed by atoms with Gasteiger partial charge in [0.15, 0.2) is 0 Å². The first kappa shape index (κ1) is 22.8. The molecule has 2 aromatic carbocycles. The van der Waals surface area contributed by atoms with E-state index in [-0.39, 0.29) is 18.2 Å². The minimum atomic E-state index is -0.604. The molecule has 0 radical (unpaired) electrons. The normalized spacial score (nSPS) is 17.7. The SMILES string of the molecule is NCc1cccc(OCCOCCNc2ccc3c(c2)CN(C2CCC(=O)NC2=O)C3=O)c1. The number of fused-ring (bicyclic) bond motifs is 1. The fourth-order valence-electron chi connectivity index (χ4n) is 4.03. The molecule has 0 aromatic heterocycles.